The highest BCUT2D eigenvalue weighted by Crippen LogP contribution is 2.34. The molecule has 1 fully saturated rings. The van der Waals surface area contributed by atoms with E-state index in [2.05, 4.69) is 0 Å². The molecule has 0 N–H and O–H groups in total. The van der Waals surface area contributed by atoms with E-state index in [1.807, 2.05) is 19.1 Å². The molecule has 0 aliphatic heterocycles. The lowest BCUT2D eigenvalue weighted by Gasteiger charge is -2.13. The highest BCUT2D eigenvalue weighted by atomic mass is 32.1. The number of benzene rings is 1. The van der Waals surface area contributed by atoms with Crippen LogP contribution >= 0.6 is 11.3 Å². The lowest BCUT2D eigenvalue weighted by Crippen LogP contribution is -2.09. The van der Waals surface area contributed by atoms with Gasteiger partial charge >= 0.3 is 0 Å². The van der Waals surface area contributed by atoms with Gasteiger partial charge in [0.15, 0.2) is 11.6 Å². The molecule has 0 saturated heterocycles. The molecule has 1 aromatic carbocycles. The first-order valence-electron chi connectivity index (χ1n) is 7.33. The third-order valence-electron chi connectivity index (χ3n) is 4.00. The second-order valence-electron chi connectivity index (χ2n) is 5.61. The minimum Gasteiger partial charge on any atom is -0.490 e. The van der Waals surface area contributed by atoms with Crippen LogP contribution < -0.4 is 4.74 Å². The fraction of sp³-hybridized carbons (Fsp3) is 0.412. The van der Waals surface area contributed by atoms with Crippen LogP contribution in [0.5, 0.6) is 5.75 Å². The van der Waals surface area contributed by atoms with E-state index in [9.17, 15) is 8.78 Å². The van der Waals surface area contributed by atoms with Crippen LogP contribution in [0.25, 0.3) is 10.4 Å². The van der Waals surface area contributed by atoms with E-state index in [4.69, 9.17) is 4.74 Å². The molecule has 4 heteroatoms. The average Bonchev–Trinajstić information content (AvgIpc) is 3.12. The predicted octanol–water partition coefficient (Wildman–Crippen LogP) is 5.57. The Balaban J connectivity index is 1.79. The fourth-order valence-corrected chi connectivity index (χ4v) is 3.68. The number of thiophene rings is 1. The van der Waals surface area contributed by atoms with Crippen LogP contribution in [0.15, 0.2) is 24.3 Å². The summed E-state index contributed by atoms with van der Waals surface area (Å²) in [5.41, 5.74) is 0.304. The number of hydrogen-bond donors (Lipinski definition) is 0. The Morgan fingerprint density at radius 1 is 1.10 bits per heavy atom. The number of rotatable bonds is 4. The Labute approximate surface area is 127 Å². The van der Waals surface area contributed by atoms with Gasteiger partial charge in [-0.05, 0) is 49.9 Å². The lowest BCUT2D eigenvalue weighted by molar-refractivity contribution is 0.239. The summed E-state index contributed by atoms with van der Waals surface area (Å²) in [5.74, 6) is -1.19. The fourth-order valence-electron chi connectivity index (χ4n) is 2.80. The van der Waals surface area contributed by atoms with Crippen molar-refractivity contribution < 1.29 is 13.5 Å². The molecule has 3 rings (SSSR count). The third kappa shape index (κ3) is 3.10. The Morgan fingerprint density at radius 2 is 1.86 bits per heavy atom. The number of hydrogen-bond acceptors (Lipinski definition) is 2. The zero-order valence-electron chi connectivity index (χ0n) is 12.0. The molecule has 0 bridgehead atoms. The van der Waals surface area contributed by atoms with Gasteiger partial charge in [-0.2, -0.15) is 4.39 Å². The Morgan fingerprint density at radius 3 is 2.52 bits per heavy atom. The van der Waals surface area contributed by atoms with Gasteiger partial charge in [-0.15, -0.1) is 11.3 Å². The van der Waals surface area contributed by atoms with Crippen molar-refractivity contribution in [1.82, 2.24) is 0 Å². The van der Waals surface area contributed by atoms with Crippen LogP contribution in [0.4, 0.5) is 8.78 Å². The van der Waals surface area contributed by atoms with Gasteiger partial charge in [0.2, 0.25) is 5.82 Å². The van der Waals surface area contributed by atoms with Gasteiger partial charge in [0.1, 0.15) is 0 Å². The van der Waals surface area contributed by atoms with Crippen LogP contribution in [0, 0.1) is 24.5 Å². The maximum absolute atomic E-state index is 14.2. The molecular formula is C17H18F2OS. The van der Waals surface area contributed by atoms with Gasteiger partial charge < -0.3 is 4.74 Å². The van der Waals surface area contributed by atoms with Crippen LogP contribution in [0.2, 0.25) is 0 Å². The van der Waals surface area contributed by atoms with E-state index in [1.165, 1.54) is 30.2 Å². The number of ether oxygens (including phenoxy) is 1. The molecule has 2 aromatic rings. The van der Waals surface area contributed by atoms with Crippen LogP contribution in [-0.2, 0) is 0 Å². The molecule has 1 saturated carbocycles. The quantitative estimate of drug-likeness (QED) is 0.717. The molecule has 1 nitrogen and oxygen atoms in total. The van der Waals surface area contributed by atoms with Gasteiger partial charge in [-0.25, -0.2) is 4.39 Å². The summed E-state index contributed by atoms with van der Waals surface area (Å²) in [4.78, 5) is 1.82. The molecule has 1 aliphatic carbocycles. The second-order valence-corrected chi connectivity index (χ2v) is 6.90. The van der Waals surface area contributed by atoms with E-state index in [0.29, 0.717) is 18.1 Å². The maximum Gasteiger partial charge on any atom is 0.201 e. The minimum absolute atomic E-state index is 0.0245. The molecule has 0 radical (unpaired) electrons. The molecule has 0 unspecified atom stereocenters. The minimum atomic E-state index is -0.878. The van der Waals surface area contributed by atoms with Crippen molar-refractivity contribution in [3.8, 4) is 16.2 Å². The molecule has 1 heterocycles. The summed E-state index contributed by atoms with van der Waals surface area (Å²) >= 11 is 1.46. The van der Waals surface area contributed by atoms with Gasteiger partial charge in [-0.3, -0.25) is 0 Å². The monoisotopic (exact) mass is 308 g/mol. The van der Waals surface area contributed by atoms with Crippen LogP contribution in [-0.4, -0.2) is 6.61 Å². The zero-order valence-corrected chi connectivity index (χ0v) is 12.8. The first-order valence-corrected chi connectivity index (χ1v) is 8.14. The molecule has 1 aliphatic rings. The summed E-state index contributed by atoms with van der Waals surface area (Å²) < 4.78 is 33.8. The predicted molar refractivity (Wildman–Crippen MR) is 81.9 cm³/mol. The summed E-state index contributed by atoms with van der Waals surface area (Å²) in [6.45, 7) is 2.43. The molecule has 21 heavy (non-hydrogen) atoms. The van der Waals surface area contributed by atoms with Crippen molar-refractivity contribution >= 4 is 11.3 Å². The van der Waals surface area contributed by atoms with Crippen molar-refractivity contribution in [3.05, 3.63) is 40.8 Å². The van der Waals surface area contributed by atoms with Gasteiger partial charge in [0.05, 0.1) is 6.61 Å². The van der Waals surface area contributed by atoms with E-state index in [-0.39, 0.29) is 5.75 Å². The summed E-state index contributed by atoms with van der Waals surface area (Å²) in [5, 5.41) is 0. The zero-order chi connectivity index (χ0) is 14.8. The Bertz CT molecular complexity index is 630. The van der Waals surface area contributed by atoms with Crippen molar-refractivity contribution in [2.24, 2.45) is 5.92 Å². The summed E-state index contributed by atoms with van der Waals surface area (Å²) in [6, 6.07) is 6.87. The standard InChI is InChI=1S/C17H18F2OS/c1-11-6-9-15(21-11)13-7-8-14(17(19)16(13)18)20-10-12-4-2-3-5-12/h6-9,12H,2-5,10H2,1H3. The molecule has 0 atom stereocenters. The second kappa shape index (κ2) is 6.14. The smallest absolute Gasteiger partial charge is 0.201 e. The average molecular weight is 308 g/mol. The van der Waals surface area contributed by atoms with Crippen molar-refractivity contribution in [2.45, 2.75) is 32.6 Å². The number of halogens is 2. The van der Waals surface area contributed by atoms with E-state index >= 15 is 0 Å². The van der Waals surface area contributed by atoms with E-state index in [0.717, 1.165) is 22.6 Å². The third-order valence-corrected chi connectivity index (χ3v) is 5.04. The maximum atomic E-state index is 14.2. The molecule has 1 aromatic heterocycles. The van der Waals surface area contributed by atoms with Crippen molar-refractivity contribution in [1.29, 1.82) is 0 Å². The van der Waals surface area contributed by atoms with Crippen LogP contribution in [0.3, 0.4) is 0 Å². The van der Waals surface area contributed by atoms with E-state index < -0.39 is 11.6 Å². The number of aryl methyl sites for hydroxylation is 1. The normalized spacial score (nSPS) is 15.6. The van der Waals surface area contributed by atoms with E-state index in [1.54, 1.807) is 6.07 Å². The summed E-state index contributed by atoms with van der Waals surface area (Å²) in [6.07, 6.45) is 4.66. The first kappa shape index (κ1) is 14.5. The van der Waals surface area contributed by atoms with Crippen molar-refractivity contribution in [3.63, 3.8) is 0 Å². The molecular weight excluding hydrogens is 290 g/mol. The van der Waals surface area contributed by atoms with Gasteiger partial charge in [-0.1, -0.05) is 12.8 Å². The Kier molecular flexibility index (Phi) is 4.24. The Hall–Kier alpha value is -1.42. The SMILES string of the molecule is Cc1ccc(-c2ccc(OCC3CCCC3)c(F)c2F)s1. The molecule has 112 valence electrons. The van der Waals surface area contributed by atoms with Gasteiger partial charge in [0, 0.05) is 15.3 Å². The highest BCUT2D eigenvalue weighted by Gasteiger charge is 2.19. The van der Waals surface area contributed by atoms with Crippen LogP contribution in [0.1, 0.15) is 30.6 Å². The molecule has 0 spiro atoms. The highest BCUT2D eigenvalue weighted by molar-refractivity contribution is 7.15. The largest absolute Gasteiger partial charge is 0.490 e. The first-order chi connectivity index (χ1) is 10.1. The lowest BCUT2D eigenvalue weighted by atomic mass is 10.1. The topological polar surface area (TPSA) is 9.23 Å². The van der Waals surface area contributed by atoms with Gasteiger partial charge in [0.25, 0.3) is 0 Å². The van der Waals surface area contributed by atoms with Crippen molar-refractivity contribution in [2.75, 3.05) is 6.61 Å². The molecule has 0 amide bonds. The summed E-state index contributed by atoms with van der Waals surface area (Å²) in [7, 11) is 0.